The van der Waals surface area contributed by atoms with Crippen LogP contribution in [0.25, 0.3) is 0 Å². The normalized spacial score (nSPS) is 22.9. The Morgan fingerprint density at radius 2 is 1.96 bits per heavy atom. The van der Waals surface area contributed by atoms with Gasteiger partial charge in [-0.05, 0) is 57.0 Å². The summed E-state index contributed by atoms with van der Waals surface area (Å²) in [6.07, 6.45) is 4.04. The van der Waals surface area contributed by atoms with E-state index in [9.17, 15) is 5.11 Å². The second kappa shape index (κ2) is 9.53. The first-order chi connectivity index (χ1) is 12.3. The summed E-state index contributed by atoms with van der Waals surface area (Å²) >= 11 is 0. The Bertz CT molecular complexity index is 532. The Morgan fingerprint density at radius 3 is 2.72 bits per heavy atom. The van der Waals surface area contributed by atoms with Crippen LogP contribution in [0.4, 0.5) is 0 Å². The predicted octanol–water partition coefficient (Wildman–Crippen LogP) is 2.26. The van der Waals surface area contributed by atoms with Crippen molar-refractivity contribution in [2.75, 3.05) is 45.9 Å². The third-order valence-electron chi connectivity index (χ3n) is 5.10. The van der Waals surface area contributed by atoms with Crippen LogP contribution in [-0.4, -0.2) is 66.9 Å². The second-order valence-corrected chi connectivity index (χ2v) is 7.12. The van der Waals surface area contributed by atoms with Crippen LogP contribution in [0.5, 0.6) is 5.75 Å². The molecule has 5 nitrogen and oxygen atoms in total. The van der Waals surface area contributed by atoms with Gasteiger partial charge in [-0.2, -0.15) is 0 Å². The summed E-state index contributed by atoms with van der Waals surface area (Å²) in [4.78, 5) is 5.03. The van der Waals surface area contributed by atoms with Crippen molar-refractivity contribution in [1.82, 2.24) is 9.80 Å². The summed E-state index contributed by atoms with van der Waals surface area (Å²) in [5, 5.41) is 9.60. The Hall–Kier alpha value is -1.14. The molecule has 2 heterocycles. The van der Waals surface area contributed by atoms with Gasteiger partial charge in [0.25, 0.3) is 0 Å². The Balaban J connectivity index is 1.60. The summed E-state index contributed by atoms with van der Waals surface area (Å²) in [7, 11) is 0. The molecule has 2 aliphatic heterocycles. The summed E-state index contributed by atoms with van der Waals surface area (Å²) in [6, 6.07) is 6.18. The molecule has 0 amide bonds. The number of benzene rings is 1. The molecule has 0 radical (unpaired) electrons. The zero-order valence-electron chi connectivity index (χ0n) is 15.5. The van der Waals surface area contributed by atoms with Crippen LogP contribution < -0.4 is 4.74 Å². The number of nitrogens with zero attached hydrogens (tertiary/aromatic N) is 2. The fourth-order valence-electron chi connectivity index (χ4n) is 3.89. The molecule has 0 aliphatic carbocycles. The van der Waals surface area contributed by atoms with Gasteiger partial charge in [0.15, 0.2) is 0 Å². The first-order valence-electron chi connectivity index (χ1n) is 9.70. The predicted molar refractivity (Wildman–Crippen MR) is 98.8 cm³/mol. The van der Waals surface area contributed by atoms with Crippen LogP contribution in [0, 0.1) is 0 Å². The minimum absolute atomic E-state index is 0.0177. The molecule has 2 fully saturated rings. The third-order valence-corrected chi connectivity index (χ3v) is 5.10. The molecule has 0 unspecified atom stereocenters. The molecular weight excluding hydrogens is 316 g/mol. The number of likely N-dealkylation sites (tertiary alicyclic amines) is 1. The number of aliphatic hydroxyl groups excluding tert-OH is 1. The van der Waals surface area contributed by atoms with Gasteiger partial charge in [-0.3, -0.25) is 4.90 Å². The summed E-state index contributed by atoms with van der Waals surface area (Å²) in [6.45, 7) is 9.92. The maximum absolute atomic E-state index is 9.60. The van der Waals surface area contributed by atoms with Gasteiger partial charge in [0.2, 0.25) is 0 Å². The molecular formula is C20H32N2O3. The highest BCUT2D eigenvalue weighted by Crippen LogP contribution is 2.22. The number of rotatable bonds is 7. The second-order valence-electron chi connectivity index (χ2n) is 7.12. The molecule has 1 aromatic rings. The average Bonchev–Trinajstić information content (AvgIpc) is 3.03. The summed E-state index contributed by atoms with van der Waals surface area (Å²) in [5.74, 6) is 0.792. The highest BCUT2D eigenvalue weighted by Gasteiger charge is 2.23. The first kappa shape index (κ1) is 18.6. The lowest BCUT2D eigenvalue weighted by Gasteiger charge is -2.27. The molecule has 1 atom stereocenters. The van der Waals surface area contributed by atoms with E-state index in [-0.39, 0.29) is 6.61 Å². The Labute approximate surface area is 151 Å². The van der Waals surface area contributed by atoms with Crippen molar-refractivity contribution in [3.8, 4) is 5.75 Å². The van der Waals surface area contributed by atoms with Gasteiger partial charge >= 0.3 is 0 Å². The molecule has 0 bridgehead atoms. The average molecular weight is 348 g/mol. The lowest BCUT2D eigenvalue weighted by molar-refractivity contribution is 0.0308. The van der Waals surface area contributed by atoms with E-state index < -0.39 is 0 Å². The SMILES string of the molecule is CCOc1ccc(CN2CCCO[C@@H](CN3CCCC3)C2)cc1CO. The van der Waals surface area contributed by atoms with E-state index in [0.717, 1.165) is 50.5 Å². The molecule has 25 heavy (non-hydrogen) atoms. The fraction of sp³-hybridized carbons (Fsp3) is 0.700. The van der Waals surface area contributed by atoms with Crippen LogP contribution in [0.2, 0.25) is 0 Å². The zero-order valence-corrected chi connectivity index (χ0v) is 15.5. The van der Waals surface area contributed by atoms with E-state index in [4.69, 9.17) is 9.47 Å². The molecule has 2 saturated heterocycles. The number of aliphatic hydroxyl groups is 1. The molecule has 0 saturated carbocycles. The van der Waals surface area contributed by atoms with E-state index >= 15 is 0 Å². The van der Waals surface area contributed by atoms with E-state index in [1.807, 2.05) is 13.0 Å². The molecule has 1 N–H and O–H groups in total. The Morgan fingerprint density at radius 1 is 1.16 bits per heavy atom. The lowest BCUT2D eigenvalue weighted by Crippen LogP contribution is -2.39. The number of ether oxygens (including phenoxy) is 2. The van der Waals surface area contributed by atoms with Crippen molar-refractivity contribution in [1.29, 1.82) is 0 Å². The van der Waals surface area contributed by atoms with Crippen LogP contribution in [0.15, 0.2) is 18.2 Å². The standard InChI is InChI=1S/C20H32N2O3/c1-2-24-20-7-6-17(12-18(20)16-23)13-22-10-5-11-25-19(15-22)14-21-8-3-4-9-21/h6-7,12,19,23H,2-5,8-11,13-16H2,1H3/t19-/m0/s1. The van der Waals surface area contributed by atoms with Crippen molar-refractivity contribution in [2.24, 2.45) is 0 Å². The maximum atomic E-state index is 9.60. The van der Waals surface area contributed by atoms with Gasteiger partial charge in [-0.15, -0.1) is 0 Å². The van der Waals surface area contributed by atoms with Crippen LogP contribution in [0.3, 0.4) is 0 Å². The molecule has 0 aromatic heterocycles. The number of hydrogen-bond acceptors (Lipinski definition) is 5. The van der Waals surface area contributed by atoms with Crippen molar-refractivity contribution < 1.29 is 14.6 Å². The third kappa shape index (κ3) is 5.42. The largest absolute Gasteiger partial charge is 0.494 e. The highest BCUT2D eigenvalue weighted by atomic mass is 16.5. The van der Waals surface area contributed by atoms with Gasteiger partial charge < -0.3 is 19.5 Å². The van der Waals surface area contributed by atoms with Gasteiger partial charge in [0, 0.05) is 38.3 Å². The van der Waals surface area contributed by atoms with Crippen molar-refractivity contribution in [3.05, 3.63) is 29.3 Å². The summed E-state index contributed by atoms with van der Waals surface area (Å²) in [5.41, 5.74) is 2.10. The molecule has 3 rings (SSSR count). The van der Waals surface area contributed by atoms with Crippen LogP contribution in [0.1, 0.15) is 37.3 Å². The summed E-state index contributed by atoms with van der Waals surface area (Å²) < 4.78 is 11.7. The topological polar surface area (TPSA) is 45.2 Å². The smallest absolute Gasteiger partial charge is 0.124 e. The molecule has 0 spiro atoms. The molecule has 2 aliphatic rings. The zero-order chi connectivity index (χ0) is 17.5. The number of hydrogen-bond donors (Lipinski definition) is 1. The first-order valence-corrected chi connectivity index (χ1v) is 9.70. The molecule has 140 valence electrons. The van der Waals surface area contributed by atoms with Crippen LogP contribution >= 0.6 is 0 Å². The van der Waals surface area contributed by atoms with Crippen molar-refractivity contribution in [2.45, 2.75) is 45.4 Å². The van der Waals surface area contributed by atoms with Gasteiger partial charge in [0.1, 0.15) is 5.75 Å². The van der Waals surface area contributed by atoms with Gasteiger partial charge in [0.05, 0.1) is 19.3 Å². The van der Waals surface area contributed by atoms with Crippen molar-refractivity contribution in [3.63, 3.8) is 0 Å². The molecule has 5 heteroatoms. The molecule has 1 aromatic carbocycles. The lowest BCUT2D eigenvalue weighted by atomic mass is 10.1. The fourth-order valence-corrected chi connectivity index (χ4v) is 3.89. The Kier molecular flexibility index (Phi) is 7.11. The minimum atomic E-state index is 0.0177. The van der Waals surface area contributed by atoms with Gasteiger partial charge in [-0.1, -0.05) is 6.07 Å². The van der Waals surface area contributed by atoms with E-state index in [1.54, 1.807) is 0 Å². The monoisotopic (exact) mass is 348 g/mol. The minimum Gasteiger partial charge on any atom is -0.494 e. The quantitative estimate of drug-likeness (QED) is 0.819. The van der Waals surface area contributed by atoms with Crippen molar-refractivity contribution >= 4 is 0 Å². The van der Waals surface area contributed by atoms with E-state index in [1.165, 1.54) is 31.5 Å². The van der Waals surface area contributed by atoms with E-state index in [2.05, 4.69) is 21.9 Å². The van der Waals surface area contributed by atoms with Crippen LogP contribution in [-0.2, 0) is 17.9 Å². The van der Waals surface area contributed by atoms with E-state index in [0.29, 0.717) is 12.7 Å². The maximum Gasteiger partial charge on any atom is 0.124 e. The highest BCUT2D eigenvalue weighted by molar-refractivity contribution is 5.37. The van der Waals surface area contributed by atoms with Gasteiger partial charge in [-0.25, -0.2) is 0 Å².